The van der Waals surface area contributed by atoms with E-state index in [2.05, 4.69) is 15.0 Å². The van der Waals surface area contributed by atoms with E-state index >= 15 is 0 Å². The van der Waals surface area contributed by atoms with Crippen molar-refractivity contribution in [2.45, 2.75) is 31.4 Å². The van der Waals surface area contributed by atoms with Crippen molar-refractivity contribution in [3.05, 3.63) is 46.0 Å². The number of aldehydes is 1. The zero-order chi connectivity index (χ0) is 17.0. The van der Waals surface area contributed by atoms with Crippen molar-refractivity contribution < 1.29 is 9.90 Å². The van der Waals surface area contributed by atoms with Gasteiger partial charge in [-0.05, 0) is 6.42 Å². The molecule has 0 amide bonds. The van der Waals surface area contributed by atoms with E-state index in [1.807, 2.05) is 18.5 Å². The third-order valence-electron chi connectivity index (χ3n) is 4.93. The number of carbonyl (C=O) groups excluding carboxylic acids is 1. The van der Waals surface area contributed by atoms with Crippen LogP contribution in [0.5, 0.6) is 0 Å². The monoisotopic (exact) mass is 327 g/mol. The molecule has 0 aliphatic heterocycles. The molecule has 1 aliphatic rings. The number of aryl methyl sites for hydroxylation is 1. The van der Waals surface area contributed by atoms with Gasteiger partial charge in [0, 0.05) is 36.0 Å². The minimum absolute atomic E-state index is 0.0823. The van der Waals surface area contributed by atoms with E-state index in [1.165, 1.54) is 6.33 Å². The quantitative estimate of drug-likeness (QED) is 0.675. The topological polar surface area (TPSA) is 106 Å². The molecule has 3 aromatic rings. The number of aliphatic hydroxyl groups is 1. The van der Waals surface area contributed by atoms with Crippen LogP contribution >= 0.6 is 0 Å². The Morgan fingerprint density at radius 2 is 2.21 bits per heavy atom. The van der Waals surface area contributed by atoms with Gasteiger partial charge >= 0.3 is 0 Å². The number of rotatable bonds is 2. The molecule has 3 unspecified atom stereocenters. The largest absolute Gasteiger partial charge is 0.392 e. The molecule has 0 fully saturated rings. The number of aliphatic hydroxyl groups excluding tert-OH is 1. The van der Waals surface area contributed by atoms with E-state index in [-0.39, 0.29) is 23.0 Å². The molecule has 0 saturated heterocycles. The molecule has 0 aromatic carbocycles. The molecule has 0 radical (unpaired) electrons. The van der Waals surface area contributed by atoms with Gasteiger partial charge in [-0.15, -0.1) is 0 Å². The van der Waals surface area contributed by atoms with E-state index < -0.39 is 6.10 Å². The second-order valence-electron chi connectivity index (χ2n) is 6.28. The van der Waals surface area contributed by atoms with Gasteiger partial charge in [0.2, 0.25) is 0 Å². The van der Waals surface area contributed by atoms with Gasteiger partial charge < -0.3 is 19.2 Å². The number of nitrogens with one attached hydrogen (secondary N) is 1. The Kier molecular flexibility index (Phi) is 3.17. The summed E-state index contributed by atoms with van der Waals surface area (Å²) in [6, 6.07) is -0.299. The van der Waals surface area contributed by atoms with Crippen molar-refractivity contribution in [3.8, 4) is 0 Å². The van der Waals surface area contributed by atoms with Crippen molar-refractivity contribution in [1.82, 2.24) is 24.1 Å². The Balaban J connectivity index is 1.99. The van der Waals surface area contributed by atoms with Gasteiger partial charge in [-0.25, -0.2) is 9.97 Å². The van der Waals surface area contributed by atoms with Crippen molar-refractivity contribution in [1.29, 1.82) is 0 Å². The van der Waals surface area contributed by atoms with Gasteiger partial charge in [0.25, 0.3) is 5.56 Å². The lowest BCUT2D eigenvalue weighted by atomic mass is 9.81. The standard InChI is InChI=1S/C16H17N5O3/c1-8-11(23)3-10(12-9(5-22)4-20(2)14(8)12)21-7-19-13-15(21)17-6-18-16(13)24/h4-8,10-11,23H,3H2,1-2H3,(H,17,18,24). The maximum atomic E-state index is 11.9. The lowest BCUT2D eigenvalue weighted by molar-refractivity contribution is 0.109. The van der Waals surface area contributed by atoms with Crippen molar-refractivity contribution >= 4 is 17.5 Å². The summed E-state index contributed by atoms with van der Waals surface area (Å²) in [5.74, 6) is -0.0823. The number of imidazole rings is 1. The predicted molar refractivity (Wildman–Crippen MR) is 86.1 cm³/mol. The van der Waals surface area contributed by atoms with Crippen LogP contribution in [-0.4, -0.2) is 41.6 Å². The Bertz CT molecular complexity index is 999. The molecular weight excluding hydrogens is 310 g/mol. The highest BCUT2D eigenvalue weighted by Gasteiger charge is 2.37. The van der Waals surface area contributed by atoms with E-state index in [1.54, 1.807) is 17.1 Å². The van der Waals surface area contributed by atoms with Crippen LogP contribution in [0.4, 0.5) is 0 Å². The van der Waals surface area contributed by atoms with Gasteiger partial charge in [-0.2, -0.15) is 0 Å². The minimum Gasteiger partial charge on any atom is -0.392 e. The van der Waals surface area contributed by atoms with Crippen LogP contribution in [0.15, 0.2) is 23.6 Å². The normalized spacial score (nSPS) is 23.4. The molecule has 8 heteroatoms. The van der Waals surface area contributed by atoms with E-state index in [0.717, 1.165) is 17.5 Å². The predicted octanol–water partition coefficient (Wildman–Crippen LogP) is 0.728. The van der Waals surface area contributed by atoms with Crippen LogP contribution in [0, 0.1) is 0 Å². The molecule has 3 heterocycles. The smallest absolute Gasteiger partial charge is 0.278 e. The maximum Gasteiger partial charge on any atom is 0.278 e. The Morgan fingerprint density at radius 3 is 2.96 bits per heavy atom. The maximum absolute atomic E-state index is 11.9. The first kappa shape index (κ1) is 14.8. The van der Waals surface area contributed by atoms with Crippen LogP contribution in [0.25, 0.3) is 11.2 Å². The van der Waals surface area contributed by atoms with Crippen molar-refractivity contribution in [3.63, 3.8) is 0 Å². The highest BCUT2D eigenvalue weighted by molar-refractivity contribution is 5.79. The number of nitrogens with zero attached hydrogens (tertiary/aromatic N) is 4. The highest BCUT2D eigenvalue weighted by Crippen LogP contribution is 2.42. The van der Waals surface area contributed by atoms with E-state index in [4.69, 9.17) is 0 Å². The van der Waals surface area contributed by atoms with E-state index in [0.29, 0.717) is 17.6 Å². The molecule has 3 atom stereocenters. The second-order valence-corrected chi connectivity index (χ2v) is 6.28. The molecule has 4 rings (SSSR count). The molecule has 3 aromatic heterocycles. The molecule has 2 N–H and O–H groups in total. The van der Waals surface area contributed by atoms with Crippen LogP contribution in [0.2, 0.25) is 0 Å². The number of fused-ring (bicyclic) bond motifs is 2. The fraction of sp³-hybridized carbons (Fsp3) is 0.375. The lowest BCUT2D eigenvalue weighted by Crippen LogP contribution is -2.31. The third-order valence-corrected chi connectivity index (χ3v) is 4.93. The van der Waals surface area contributed by atoms with Crippen molar-refractivity contribution in [2.24, 2.45) is 7.05 Å². The summed E-state index contributed by atoms with van der Waals surface area (Å²) in [6.07, 6.45) is 5.35. The van der Waals surface area contributed by atoms with Crippen LogP contribution in [0.3, 0.4) is 0 Å². The number of hydrogen-bond acceptors (Lipinski definition) is 5. The van der Waals surface area contributed by atoms with Gasteiger partial charge in [-0.3, -0.25) is 9.59 Å². The SMILES string of the molecule is CC1c2c(c(C=O)cn2C)C(n2cnc3c(=O)[nH]cnc32)CC1O. The average Bonchev–Trinajstić information content (AvgIpc) is 3.13. The second kappa shape index (κ2) is 5.13. The molecule has 124 valence electrons. The zero-order valence-corrected chi connectivity index (χ0v) is 13.3. The zero-order valence-electron chi connectivity index (χ0n) is 13.3. The summed E-state index contributed by atoms with van der Waals surface area (Å²) in [7, 11) is 1.87. The summed E-state index contributed by atoms with van der Waals surface area (Å²) in [4.78, 5) is 34.3. The van der Waals surface area contributed by atoms with Gasteiger partial charge in [-0.1, -0.05) is 6.92 Å². The summed E-state index contributed by atoms with van der Waals surface area (Å²) in [5, 5.41) is 10.5. The fourth-order valence-corrected chi connectivity index (χ4v) is 3.79. The Labute approximate surface area is 136 Å². The summed E-state index contributed by atoms with van der Waals surface area (Å²) >= 11 is 0. The van der Waals surface area contributed by atoms with Gasteiger partial charge in [0.05, 0.1) is 24.8 Å². The molecule has 1 aliphatic carbocycles. The van der Waals surface area contributed by atoms with Gasteiger partial charge in [0.15, 0.2) is 17.5 Å². The number of aromatic nitrogens is 5. The molecule has 8 nitrogen and oxygen atoms in total. The molecule has 0 spiro atoms. The first-order chi connectivity index (χ1) is 11.5. The van der Waals surface area contributed by atoms with Crippen LogP contribution < -0.4 is 5.56 Å². The molecular formula is C16H17N5O3. The minimum atomic E-state index is -0.560. The van der Waals surface area contributed by atoms with Crippen LogP contribution in [-0.2, 0) is 7.05 Å². The molecule has 24 heavy (non-hydrogen) atoms. The summed E-state index contributed by atoms with van der Waals surface area (Å²) in [5.41, 5.74) is 2.75. The Hall–Kier alpha value is -2.74. The first-order valence-electron chi connectivity index (χ1n) is 7.75. The van der Waals surface area contributed by atoms with Gasteiger partial charge in [0.1, 0.15) is 0 Å². The average molecular weight is 327 g/mol. The summed E-state index contributed by atoms with van der Waals surface area (Å²) < 4.78 is 3.66. The number of H-pyrrole nitrogens is 1. The third kappa shape index (κ3) is 1.89. The fourth-order valence-electron chi connectivity index (χ4n) is 3.79. The first-order valence-corrected chi connectivity index (χ1v) is 7.75. The lowest BCUT2D eigenvalue weighted by Gasteiger charge is -2.33. The summed E-state index contributed by atoms with van der Waals surface area (Å²) in [6.45, 7) is 1.95. The molecule has 0 bridgehead atoms. The highest BCUT2D eigenvalue weighted by atomic mass is 16.3. The number of carbonyl (C=O) groups is 1. The molecule has 0 saturated carbocycles. The Morgan fingerprint density at radius 1 is 1.42 bits per heavy atom. The van der Waals surface area contributed by atoms with Crippen LogP contribution in [0.1, 0.15) is 46.9 Å². The number of aromatic amines is 1. The van der Waals surface area contributed by atoms with Crippen molar-refractivity contribution in [2.75, 3.05) is 0 Å². The number of hydrogen-bond donors (Lipinski definition) is 2. The van der Waals surface area contributed by atoms with E-state index in [9.17, 15) is 14.7 Å².